The van der Waals surface area contributed by atoms with Gasteiger partial charge in [-0.2, -0.15) is 0 Å². The van der Waals surface area contributed by atoms with E-state index in [0.29, 0.717) is 31.8 Å². The van der Waals surface area contributed by atoms with Crippen molar-refractivity contribution in [1.29, 1.82) is 0 Å². The minimum Gasteiger partial charge on any atom is -0.355 e. The fourth-order valence-electron chi connectivity index (χ4n) is 3.17. The van der Waals surface area contributed by atoms with Gasteiger partial charge in [0, 0.05) is 38.4 Å². The molecular weight excluding hydrogens is 342 g/mol. The molecule has 0 saturated carbocycles. The lowest BCUT2D eigenvalue weighted by Gasteiger charge is -2.31. The van der Waals surface area contributed by atoms with Crippen LogP contribution in [0.15, 0.2) is 35.3 Å². The highest BCUT2D eigenvalue weighted by molar-refractivity contribution is 5.85. The number of halogens is 1. The molecule has 0 spiro atoms. The second-order valence-electron chi connectivity index (χ2n) is 6.17. The van der Waals surface area contributed by atoms with E-state index in [1.54, 1.807) is 12.3 Å². The van der Waals surface area contributed by atoms with Crippen molar-refractivity contribution in [2.75, 3.05) is 26.2 Å². The monoisotopic (exact) mass is 365 g/mol. The predicted molar refractivity (Wildman–Crippen MR) is 98.8 cm³/mol. The van der Waals surface area contributed by atoms with Crippen molar-refractivity contribution in [3.05, 3.63) is 46.5 Å². The summed E-state index contributed by atoms with van der Waals surface area (Å²) in [7, 11) is 0. The first-order valence-electron chi connectivity index (χ1n) is 8.35. The van der Waals surface area contributed by atoms with Crippen molar-refractivity contribution >= 4 is 24.0 Å². The Morgan fingerprint density at radius 3 is 3.04 bits per heavy atom. The van der Waals surface area contributed by atoms with Gasteiger partial charge in [0.15, 0.2) is 0 Å². The summed E-state index contributed by atoms with van der Waals surface area (Å²) in [5.41, 5.74) is 6.74. The molecule has 136 valence electrons. The lowest BCUT2D eigenvalue weighted by molar-refractivity contribution is -0.126. The Balaban J connectivity index is 0.00000225. The van der Waals surface area contributed by atoms with Gasteiger partial charge >= 0.3 is 0 Å². The van der Waals surface area contributed by atoms with Crippen LogP contribution in [0.4, 0.5) is 0 Å². The van der Waals surface area contributed by atoms with Crippen LogP contribution in [0, 0.1) is 5.92 Å². The quantitative estimate of drug-likeness (QED) is 0.800. The van der Waals surface area contributed by atoms with Crippen LogP contribution in [0.25, 0.3) is 5.65 Å². The fraction of sp³-hybridized carbons (Fsp3) is 0.471. The first-order valence-corrected chi connectivity index (χ1v) is 8.35. The highest BCUT2D eigenvalue weighted by Crippen LogP contribution is 2.18. The van der Waals surface area contributed by atoms with Gasteiger partial charge in [-0.25, -0.2) is 4.98 Å². The molecule has 2 aromatic rings. The van der Waals surface area contributed by atoms with Crippen LogP contribution in [0.1, 0.15) is 18.5 Å². The zero-order chi connectivity index (χ0) is 16.9. The number of piperidine rings is 1. The van der Waals surface area contributed by atoms with Crippen molar-refractivity contribution < 1.29 is 4.79 Å². The van der Waals surface area contributed by atoms with Gasteiger partial charge in [-0.15, -0.1) is 12.4 Å². The summed E-state index contributed by atoms with van der Waals surface area (Å²) < 4.78 is 1.53. The molecule has 0 aromatic carbocycles. The molecule has 1 amide bonds. The van der Waals surface area contributed by atoms with Crippen LogP contribution in [0.2, 0.25) is 0 Å². The molecule has 1 saturated heterocycles. The van der Waals surface area contributed by atoms with Crippen molar-refractivity contribution in [1.82, 2.24) is 19.6 Å². The minimum absolute atomic E-state index is 0. The van der Waals surface area contributed by atoms with E-state index in [2.05, 4.69) is 15.2 Å². The van der Waals surface area contributed by atoms with Crippen molar-refractivity contribution in [3.8, 4) is 0 Å². The highest BCUT2D eigenvalue weighted by Gasteiger charge is 2.25. The number of likely N-dealkylation sites (tertiary alicyclic amines) is 1. The third-order valence-corrected chi connectivity index (χ3v) is 4.33. The van der Waals surface area contributed by atoms with Gasteiger partial charge in [0.25, 0.3) is 5.56 Å². The summed E-state index contributed by atoms with van der Waals surface area (Å²) in [4.78, 5) is 31.0. The Bertz CT molecular complexity index is 779. The van der Waals surface area contributed by atoms with Crippen LogP contribution >= 0.6 is 12.4 Å². The molecule has 0 bridgehead atoms. The summed E-state index contributed by atoms with van der Waals surface area (Å²) in [5.74, 6) is 0.0449. The van der Waals surface area contributed by atoms with Crippen LogP contribution in [-0.4, -0.2) is 46.4 Å². The SMILES string of the molecule is Cl.NCCNC(=O)C1CCCN(Cc2cc(=O)n3ccccc3n2)C1. The molecule has 1 aliphatic heterocycles. The topological polar surface area (TPSA) is 92.7 Å². The normalized spacial score (nSPS) is 17.9. The molecule has 1 unspecified atom stereocenters. The van der Waals surface area contributed by atoms with Gasteiger partial charge in [-0.3, -0.25) is 18.9 Å². The standard InChI is InChI=1S/C17H23N5O2.ClH/c18-6-7-19-17(24)13-4-3-8-21(11-13)12-14-10-16(23)22-9-2-1-5-15(22)20-14;/h1-2,5,9-10,13H,3-4,6-8,11-12,18H2,(H,19,24);1H. The van der Waals surface area contributed by atoms with Gasteiger partial charge in [-0.1, -0.05) is 6.07 Å². The molecule has 2 aromatic heterocycles. The summed E-state index contributed by atoms with van der Waals surface area (Å²) in [6.45, 7) is 3.15. The Hall–Kier alpha value is -1.96. The minimum atomic E-state index is -0.0788. The molecule has 3 rings (SSSR count). The van der Waals surface area contributed by atoms with E-state index in [0.717, 1.165) is 25.1 Å². The number of aromatic nitrogens is 2. The Kier molecular flexibility index (Phi) is 6.92. The number of hydrogen-bond acceptors (Lipinski definition) is 5. The molecule has 0 aliphatic carbocycles. The summed E-state index contributed by atoms with van der Waals surface area (Å²) >= 11 is 0. The Morgan fingerprint density at radius 1 is 1.40 bits per heavy atom. The average molecular weight is 366 g/mol. The summed E-state index contributed by atoms with van der Waals surface area (Å²) in [5, 5.41) is 2.86. The lowest BCUT2D eigenvalue weighted by Crippen LogP contribution is -2.43. The number of amides is 1. The van der Waals surface area contributed by atoms with E-state index in [1.807, 2.05) is 18.2 Å². The summed E-state index contributed by atoms with van der Waals surface area (Å²) in [6, 6.07) is 7.07. The maximum absolute atomic E-state index is 12.2. The smallest absolute Gasteiger partial charge is 0.258 e. The molecule has 3 heterocycles. The Labute approximate surface area is 152 Å². The number of nitrogens with zero attached hydrogens (tertiary/aromatic N) is 3. The molecule has 25 heavy (non-hydrogen) atoms. The number of pyridine rings is 1. The molecule has 1 fully saturated rings. The predicted octanol–water partition coefficient (Wildman–Crippen LogP) is 0.403. The van der Waals surface area contributed by atoms with E-state index in [1.165, 1.54) is 4.40 Å². The van der Waals surface area contributed by atoms with Crippen molar-refractivity contribution in [2.45, 2.75) is 19.4 Å². The molecule has 7 nitrogen and oxygen atoms in total. The number of carbonyl (C=O) groups excluding carboxylic acids is 1. The molecule has 3 N–H and O–H groups in total. The first kappa shape index (κ1) is 19.4. The second-order valence-corrected chi connectivity index (χ2v) is 6.17. The first-order chi connectivity index (χ1) is 11.7. The van der Waals surface area contributed by atoms with E-state index in [9.17, 15) is 9.59 Å². The van der Waals surface area contributed by atoms with Gasteiger partial charge < -0.3 is 11.1 Å². The van der Waals surface area contributed by atoms with Crippen LogP contribution < -0.4 is 16.6 Å². The maximum atomic E-state index is 12.2. The molecular formula is C17H24ClN5O2. The van der Waals surface area contributed by atoms with Crippen LogP contribution in [-0.2, 0) is 11.3 Å². The largest absolute Gasteiger partial charge is 0.355 e. The third kappa shape index (κ3) is 4.78. The summed E-state index contributed by atoms with van der Waals surface area (Å²) in [6.07, 6.45) is 3.57. The Morgan fingerprint density at radius 2 is 2.24 bits per heavy atom. The number of rotatable bonds is 5. The molecule has 1 atom stereocenters. The number of nitrogens with one attached hydrogen (secondary N) is 1. The lowest BCUT2D eigenvalue weighted by atomic mass is 9.97. The maximum Gasteiger partial charge on any atom is 0.258 e. The van der Waals surface area contributed by atoms with E-state index >= 15 is 0 Å². The van der Waals surface area contributed by atoms with Crippen molar-refractivity contribution in [3.63, 3.8) is 0 Å². The second kappa shape index (κ2) is 8.94. The highest BCUT2D eigenvalue weighted by atomic mass is 35.5. The number of carbonyl (C=O) groups is 1. The number of nitrogens with two attached hydrogens (primary N) is 1. The van der Waals surface area contributed by atoms with Gasteiger partial charge in [0.2, 0.25) is 5.91 Å². The molecule has 1 aliphatic rings. The van der Waals surface area contributed by atoms with Gasteiger partial charge in [0.1, 0.15) is 5.65 Å². The number of hydrogen-bond donors (Lipinski definition) is 2. The molecule has 0 radical (unpaired) electrons. The third-order valence-electron chi connectivity index (χ3n) is 4.33. The van der Waals surface area contributed by atoms with Crippen LogP contribution in [0.5, 0.6) is 0 Å². The van der Waals surface area contributed by atoms with Crippen molar-refractivity contribution in [2.24, 2.45) is 11.7 Å². The van der Waals surface area contributed by atoms with E-state index in [4.69, 9.17) is 5.73 Å². The van der Waals surface area contributed by atoms with Gasteiger partial charge in [0.05, 0.1) is 11.6 Å². The zero-order valence-corrected chi connectivity index (χ0v) is 14.9. The van der Waals surface area contributed by atoms with E-state index < -0.39 is 0 Å². The zero-order valence-electron chi connectivity index (χ0n) is 14.1. The fourth-order valence-corrected chi connectivity index (χ4v) is 3.17. The number of fused-ring (bicyclic) bond motifs is 1. The van der Waals surface area contributed by atoms with Crippen LogP contribution in [0.3, 0.4) is 0 Å². The van der Waals surface area contributed by atoms with Gasteiger partial charge in [-0.05, 0) is 31.5 Å². The average Bonchev–Trinajstić information content (AvgIpc) is 2.60. The molecule has 8 heteroatoms. The van der Waals surface area contributed by atoms with E-state index in [-0.39, 0.29) is 29.8 Å².